The van der Waals surface area contributed by atoms with Crippen molar-refractivity contribution >= 4 is 34.4 Å². The first-order valence-corrected chi connectivity index (χ1v) is 12.1. The number of ether oxygens (including phenoxy) is 1. The molecular formula is C24H30N8O2. The van der Waals surface area contributed by atoms with Crippen LogP contribution in [0.2, 0.25) is 0 Å². The second-order valence-electron chi connectivity index (χ2n) is 9.46. The number of hydrogen-bond acceptors (Lipinski definition) is 7. The van der Waals surface area contributed by atoms with Crippen LogP contribution in [0.1, 0.15) is 49.6 Å². The van der Waals surface area contributed by atoms with Crippen LogP contribution in [-0.4, -0.2) is 67.9 Å². The molecule has 3 aliphatic rings. The number of piperidine rings is 1. The lowest BCUT2D eigenvalue weighted by Gasteiger charge is -2.33. The van der Waals surface area contributed by atoms with Crippen LogP contribution >= 0.6 is 0 Å². The summed E-state index contributed by atoms with van der Waals surface area (Å²) in [6.07, 6.45) is 12.5. The highest BCUT2D eigenvalue weighted by atomic mass is 16.5. The summed E-state index contributed by atoms with van der Waals surface area (Å²) >= 11 is 0. The minimum atomic E-state index is -0.0216. The van der Waals surface area contributed by atoms with Crippen LogP contribution in [0.4, 0.5) is 17.5 Å². The fourth-order valence-electron chi connectivity index (χ4n) is 5.01. The van der Waals surface area contributed by atoms with Gasteiger partial charge in [0.15, 0.2) is 0 Å². The first-order valence-electron chi connectivity index (χ1n) is 12.1. The highest BCUT2D eigenvalue weighted by Crippen LogP contribution is 2.44. The summed E-state index contributed by atoms with van der Waals surface area (Å²) in [5, 5.41) is 12.5. The van der Waals surface area contributed by atoms with E-state index in [1.54, 1.807) is 6.20 Å². The third-order valence-corrected chi connectivity index (χ3v) is 6.97. The molecule has 3 N–H and O–H groups in total. The molecule has 3 aromatic heterocycles. The molecule has 1 amide bonds. The number of rotatable bonds is 7. The summed E-state index contributed by atoms with van der Waals surface area (Å²) in [5.74, 6) is 1.86. The van der Waals surface area contributed by atoms with E-state index in [0.717, 1.165) is 55.0 Å². The van der Waals surface area contributed by atoms with Crippen LogP contribution in [0.3, 0.4) is 0 Å². The van der Waals surface area contributed by atoms with Crippen LogP contribution in [0.5, 0.6) is 0 Å². The maximum absolute atomic E-state index is 12.2. The number of nitrogens with zero attached hydrogens (tertiary/aromatic N) is 5. The van der Waals surface area contributed by atoms with E-state index in [9.17, 15) is 4.79 Å². The van der Waals surface area contributed by atoms with E-state index in [-0.39, 0.29) is 18.0 Å². The predicted molar refractivity (Wildman–Crippen MR) is 129 cm³/mol. The topological polar surface area (TPSA) is 113 Å². The van der Waals surface area contributed by atoms with Crippen molar-refractivity contribution in [3.05, 3.63) is 36.8 Å². The zero-order valence-corrected chi connectivity index (χ0v) is 19.2. The number of aromatic nitrogens is 5. The number of hydrogen-bond donors (Lipinski definition) is 3. The Hall–Kier alpha value is -3.40. The highest BCUT2D eigenvalue weighted by molar-refractivity contribution is 5.92. The average molecular weight is 463 g/mol. The molecule has 1 aliphatic carbocycles. The number of amides is 1. The lowest BCUT2D eigenvalue weighted by Crippen LogP contribution is -2.44. The first-order chi connectivity index (χ1) is 16.7. The number of nitrogens with one attached hydrogen (secondary N) is 3. The molecule has 10 heteroatoms. The maximum Gasteiger partial charge on any atom is 0.246 e. The van der Waals surface area contributed by atoms with Gasteiger partial charge in [-0.2, -0.15) is 15.1 Å². The summed E-state index contributed by atoms with van der Waals surface area (Å²) < 4.78 is 7.43. The van der Waals surface area contributed by atoms with Crippen LogP contribution in [0, 0.1) is 0 Å². The van der Waals surface area contributed by atoms with E-state index in [2.05, 4.69) is 33.5 Å². The number of carbonyl (C=O) groups is 1. The molecule has 2 atom stereocenters. The quantitative estimate of drug-likeness (QED) is 0.462. The molecule has 10 nitrogen and oxygen atoms in total. The molecule has 5 heterocycles. The van der Waals surface area contributed by atoms with Gasteiger partial charge in [0.2, 0.25) is 11.9 Å². The lowest BCUT2D eigenvalue weighted by molar-refractivity contribution is -0.127. The molecule has 0 radical (unpaired) electrons. The molecule has 3 fully saturated rings. The van der Waals surface area contributed by atoms with Gasteiger partial charge in [0.1, 0.15) is 11.5 Å². The number of H-pyrrole nitrogens is 1. The number of aromatic amines is 1. The molecule has 34 heavy (non-hydrogen) atoms. The Kier molecular flexibility index (Phi) is 5.44. The molecule has 3 aromatic rings. The smallest absolute Gasteiger partial charge is 0.246 e. The van der Waals surface area contributed by atoms with E-state index >= 15 is 0 Å². The molecular weight excluding hydrogens is 432 g/mol. The number of fused-ring (bicyclic) bond motifs is 1. The largest absolute Gasteiger partial charge is 0.379 e. The summed E-state index contributed by atoms with van der Waals surface area (Å²) in [5.41, 5.74) is 2.92. The molecule has 0 aromatic carbocycles. The standard InChI is InChI=1S/C24H30N8O2/c1-2-20(33)31-8-3-4-16(12-31)27-23-21-19(15-5-6-15)11-25-22(21)29-24(30-23)28-17-10-26-32(13-17)18-7-9-34-14-18/h2,10-11,13,15-16,18H,1,3-9,12,14H2,(H3,25,27,28,29,30). The fraction of sp³-hybridized carbons (Fsp3) is 0.500. The molecule has 0 spiro atoms. The molecule has 2 unspecified atom stereocenters. The number of anilines is 3. The van der Waals surface area contributed by atoms with Gasteiger partial charge >= 0.3 is 0 Å². The SMILES string of the molecule is C=CC(=O)N1CCCC(Nc2nc(Nc3cnn(C4CCOC4)c3)nc3[nH]cc(C4CC4)c23)C1. The van der Waals surface area contributed by atoms with Gasteiger partial charge in [0.25, 0.3) is 0 Å². The Morgan fingerprint density at radius 2 is 2.18 bits per heavy atom. The normalized spacial score (nSPS) is 22.8. The molecule has 2 aliphatic heterocycles. The third-order valence-electron chi connectivity index (χ3n) is 6.97. The van der Waals surface area contributed by atoms with Gasteiger partial charge in [-0.3, -0.25) is 9.48 Å². The van der Waals surface area contributed by atoms with E-state index in [1.807, 2.05) is 15.8 Å². The summed E-state index contributed by atoms with van der Waals surface area (Å²) in [6.45, 7) is 6.50. The Balaban J connectivity index is 1.28. The number of likely N-dealkylation sites (tertiary alicyclic amines) is 1. The number of carbonyl (C=O) groups excluding carboxylic acids is 1. The third kappa shape index (κ3) is 4.13. The zero-order chi connectivity index (χ0) is 23.1. The zero-order valence-electron chi connectivity index (χ0n) is 19.2. The van der Waals surface area contributed by atoms with Crippen LogP contribution in [0.25, 0.3) is 11.0 Å². The fourth-order valence-corrected chi connectivity index (χ4v) is 5.01. The summed E-state index contributed by atoms with van der Waals surface area (Å²) in [7, 11) is 0. The Bertz CT molecular complexity index is 1210. The van der Waals surface area contributed by atoms with E-state index < -0.39 is 0 Å². The van der Waals surface area contributed by atoms with Gasteiger partial charge < -0.3 is 25.3 Å². The average Bonchev–Trinajstić information content (AvgIpc) is 3.23. The van der Waals surface area contributed by atoms with Crippen molar-refractivity contribution in [1.29, 1.82) is 0 Å². The van der Waals surface area contributed by atoms with Crippen molar-refractivity contribution < 1.29 is 9.53 Å². The monoisotopic (exact) mass is 462 g/mol. The second-order valence-corrected chi connectivity index (χ2v) is 9.46. The van der Waals surface area contributed by atoms with Gasteiger partial charge in [0, 0.05) is 38.1 Å². The summed E-state index contributed by atoms with van der Waals surface area (Å²) in [6, 6.07) is 0.392. The maximum atomic E-state index is 12.2. The first kappa shape index (κ1) is 21.2. The van der Waals surface area contributed by atoms with Gasteiger partial charge in [-0.25, -0.2) is 0 Å². The molecule has 0 bridgehead atoms. The minimum absolute atomic E-state index is 0.0216. The molecule has 6 rings (SSSR count). The molecule has 2 saturated heterocycles. The van der Waals surface area contributed by atoms with E-state index in [0.29, 0.717) is 25.0 Å². The molecule has 178 valence electrons. The minimum Gasteiger partial charge on any atom is -0.379 e. The van der Waals surface area contributed by atoms with Gasteiger partial charge in [-0.05, 0) is 49.7 Å². The summed E-state index contributed by atoms with van der Waals surface area (Å²) in [4.78, 5) is 27.0. The Morgan fingerprint density at radius 1 is 1.26 bits per heavy atom. The second kappa shape index (κ2) is 8.75. The van der Waals surface area contributed by atoms with Crippen LogP contribution in [-0.2, 0) is 9.53 Å². The van der Waals surface area contributed by atoms with Gasteiger partial charge in [-0.1, -0.05) is 6.58 Å². The van der Waals surface area contributed by atoms with Crippen molar-refractivity contribution in [2.75, 3.05) is 36.9 Å². The van der Waals surface area contributed by atoms with E-state index in [1.165, 1.54) is 24.5 Å². The molecule has 1 saturated carbocycles. The van der Waals surface area contributed by atoms with E-state index in [4.69, 9.17) is 14.7 Å². The van der Waals surface area contributed by atoms with Crippen LogP contribution < -0.4 is 10.6 Å². The Labute approximate surface area is 197 Å². The van der Waals surface area contributed by atoms with Crippen molar-refractivity contribution in [1.82, 2.24) is 29.6 Å². The van der Waals surface area contributed by atoms with Crippen molar-refractivity contribution in [2.24, 2.45) is 0 Å². The Morgan fingerprint density at radius 3 is 2.97 bits per heavy atom. The van der Waals surface area contributed by atoms with Crippen LogP contribution in [0.15, 0.2) is 31.2 Å². The van der Waals surface area contributed by atoms with Crippen molar-refractivity contribution in [3.8, 4) is 0 Å². The predicted octanol–water partition coefficient (Wildman–Crippen LogP) is 3.33. The van der Waals surface area contributed by atoms with Crippen molar-refractivity contribution in [3.63, 3.8) is 0 Å². The van der Waals surface area contributed by atoms with Gasteiger partial charge in [-0.15, -0.1) is 0 Å². The highest BCUT2D eigenvalue weighted by Gasteiger charge is 2.30. The lowest BCUT2D eigenvalue weighted by atomic mass is 10.0. The van der Waals surface area contributed by atoms with Gasteiger partial charge in [0.05, 0.1) is 29.9 Å². The van der Waals surface area contributed by atoms with Crippen molar-refractivity contribution in [2.45, 2.75) is 50.1 Å².